The van der Waals surface area contributed by atoms with Crippen LogP contribution in [0.2, 0.25) is 0 Å². The highest BCUT2D eigenvalue weighted by Gasteiger charge is 2.22. The maximum Gasteiger partial charge on any atom is 0.181 e. The van der Waals surface area contributed by atoms with Gasteiger partial charge in [0.15, 0.2) is 45.9 Å². The quantitative estimate of drug-likeness (QED) is 0.0581. The van der Waals surface area contributed by atoms with Crippen LogP contribution in [-0.2, 0) is 18.0 Å². The smallest absolute Gasteiger partial charge is 0.181 e. The lowest BCUT2D eigenvalue weighted by molar-refractivity contribution is 0.186. The van der Waals surface area contributed by atoms with E-state index in [-0.39, 0.29) is 6.61 Å². The second-order valence-corrected chi connectivity index (χ2v) is 28.5. The van der Waals surface area contributed by atoms with Crippen LogP contribution in [0, 0.1) is 6.92 Å². The molecule has 0 unspecified atom stereocenters. The van der Waals surface area contributed by atoms with Crippen molar-refractivity contribution in [2.75, 3.05) is 7.11 Å². The molecule has 0 spiro atoms. The zero-order valence-electron chi connectivity index (χ0n) is 62.9. The molecule has 0 saturated heterocycles. The Balaban J connectivity index is 0.0000000979. The van der Waals surface area contributed by atoms with Crippen molar-refractivity contribution >= 4 is 131 Å². The first-order valence-corrected chi connectivity index (χ1v) is 37.9. The molecule has 0 aliphatic heterocycles. The number of aryl methyl sites for hydroxylation is 1. The van der Waals surface area contributed by atoms with Crippen LogP contribution >= 0.6 is 0 Å². The highest BCUT2D eigenvalue weighted by Crippen LogP contribution is 2.39. The molecular weight excluding hydrogens is 1470 g/mol. The first-order chi connectivity index (χ1) is 58.3. The summed E-state index contributed by atoms with van der Waals surface area (Å²) in [6, 6.07) is 67.0. The molecule has 0 bridgehead atoms. The van der Waals surface area contributed by atoms with Gasteiger partial charge in [0.2, 0.25) is 0 Å². The molecule has 0 aliphatic carbocycles. The molecule has 118 heavy (non-hydrogen) atoms. The number of hydrogen-bond donors (Lipinski definition) is 9. The first-order valence-electron chi connectivity index (χ1n) is 37.9. The van der Waals surface area contributed by atoms with E-state index >= 15 is 0 Å². The molecule has 24 rings (SSSR count). The normalized spacial score (nSPS) is 11.6. The van der Waals surface area contributed by atoms with Crippen LogP contribution in [0.15, 0.2) is 275 Å². The molecule has 0 aliphatic rings. The SMILES string of the molecule is COCc1cccc2[nH]c(-c3[nH]nc4ncc(-c5cncc6ccccc56)cc34)nc12.Cc1cccc2[nH]c(-c3[nH]nc4ncc(-c5cncc6ccccc56)cc34)nc12.OCc1cccc2[nH]c(-c3[nH]nc4ncc(-c5cncc6ccccc56)cc34)nc12.c1ccc2c(-c3cnc4n[nH]c(-c5nc6ccccc6[nH]5)c4c3)cncc2c1. The zero-order chi connectivity index (χ0) is 78.7. The summed E-state index contributed by atoms with van der Waals surface area (Å²) in [5.74, 6) is 2.88. The minimum atomic E-state index is -0.0643. The predicted molar refractivity (Wildman–Crippen MR) is 460 cm³/mol. The number of imidazole rings is 4. The Hall–Kier alpha value is -16.3. The van der Waals surface area contributed by atoms with Gasteiger partial charge in [0.1, 0.15) is 22.8 Å². The second kappa shape index (κ2) is 29.3. The third-order valence-corrected chi connectivity index (χ3v) is 21.3. The lowest BCUT2D eigenvalue weighted by Gasteiger charge is -2.06. The second-order valence-electron chi connectivity index (χ2n) is 28.5. The van der Waals surface area contributed by atoms with Gasteiger partial charge in [0, 0.05) is 159 Å². The van der Waals surface area contributed by atoms with Crippen molar-refractivity contribution in [3.63, 3.8) is 0 Å². The number of benzene rings is 8. The van der Waals surface area contributed by atoms with Gasteiger partial charge < -0.3 is 29.8 Å². The van der Waals surface area contributed by atoms with Gasteiger partial charge in [0.05, 0.1) is 78.9 Å². The van der Waals surface area contributed by atoms with Crippen LogP contribution in [0.5, 0.6) is 0 Å². The largest absolute Gasteiger partial charge is 0.392 e. The topological polar surface area (TPSA) is 362 Å². The fourth-order valence-electron chi connectivity index (χ4n) is 15.5. The summed E-state index contributed by atoms with van der Waals surface area (Å²) in [5.41, 5.74) is 24.2. The van der Waals surface area contributed by atoms with Crippen molar-refractivity contribution in [2.24, 2.45) is 0 Å². The summed E-state index contributed by atoms with van der Waals surface area (Å²) in [4.78, 5) is 68.3. The number of aliphatic hydroxyl groups excluding tert-OH is 1. The van der Waals surface area contributed by atoms with Gasteiger partial charge in [0.25, 0.3) is 0 Å². The lowest BCUT2D eigenvalue weighted by atomic mass is 10.0. The van der Waals surface area contributed by atoms with Crippen LogP contribution in [0.3, 0.4) is 0 Å². The van der Waals surface area contributed by atoms with Crippen molar-refractivity contribution in [2.45, 2.75) is 20.1 Å². The Kier molecular flexibility index (Phi) is 17.3. The van der Waals surface area contributed by atoms with E-state index in [0.717, 1.165) is 210 Å². The summed E-state index contributed by atoms with van der Waals surface area (Å²) >= 11 is 0. The van der Waals surface area contributed by atoms with E-state index in [1.807, 2.05) is 202 Å². The maximum atomic E-state index is 9.61. The molecule has 8 aromatic carbocycles. The molecule has 26 nitrogen and oxygen atoms in total. The molecule has 0 saturated carbocycles. The van der Waals surface area contributed by atoms with E-state index in [1.54, 1.807) is 7.11 Å². The molecule has 9 N–H and O–H groups in total. The first kappa shape index (κ1) is 69.6. The van der Waals surface area contributed by atoms with Crippen molar-refractivity contribution < 1.29 is 9.84 Å². The fourth-order valence-corrected chi connectivity index (χ4v) is 15.5. The minimum absolute atomic E-state index is 0.0643. The Labute approximate surface area is 667 Å². The van der Waals surface area contributed by atoms with E-state index in [1.165, 1.54) is 0 Å². The number of aromatic amines is 8. The molecule has 564 valence electrons. The summed E-state index contributed by atoms with van der Waals surface area (Å²) in [6.07, 6.45) is 22.3. The highest BCUT2D eigenvalue weighted by molar-refractivity contribution is 6.05. The number of H-pyrrole nitrogens is 8. The third-order valence-electron chi connectivity index (χ3n) is 21.3. The minimum Gasteiger partial charge on any atom is -0.392 e. The number of pyridine rings is 8. The number of aromatic nitrogens is 24. The van der Waals surface area contributed by atoms with Gasteiger partial charge in [-0.3, -0.25) is 40.3 Å². The van der Waals surface area contributed by atoms with Gasteiger partial charge >= 0.3 is 0 Å². The van der Waals surface area contributed by atoms with Crippen molar-refractivity contribution in [3.05, 3.63) is 291 Å². The Morgan fingerprint density at radius 3 is 1.01 bits per heavy atom. The molecule has 0 fully saturated rings. The molecular formula is C92H64N24O2. The van der Waals surface area contributed by atoms with E-state index < -0.39 is 0 Å². The Morgan fingerprint density at radius 2 is 0.627 bits per heavy atom. The molecule has 24 aromatic rings. The van der Waals surface area contributed by atoms with Crippen LogP contribution in [0.1, 0.15) is 16.7 Å². The van der Waals surface area contributed by atoms with E-state index in [9.17, 15) is 5.11 Å². The van der Waals surface area contributed by atoms with Gasteiger partial charge in [-0.25, -0.2) is 39.9 Å². The van der Waals surface area contributed by atoms with Crippen LogP contribution in [-0.4, -0.2) is 133 Å². The Bertz CT molecular complexity index is 7930. The van der Waals surface area contributed by atoms with E-state index in [4.69, 9.17) is 24.7 Å². The summed E-state index contributed by atoms with van der Waals surface area (Å²) in [5, 5.41) is 51.9. The third kappa shape index (κ3) is 12.6. The van der Waals surface area contributed by atoms with Gasteiger partial charge in [-0.15, -0.1) is 0 Å². The number of ether oxygens (including phenoxy) is 1. The molecule has 0 radical (unpaired) electrons. The molecule has 0 atom stereocenters. The zero-order valence-corrected chi connectivity index (χ0v) is 62.9. The molecule has 16 heterocycles. The van der Waals surface area contributed by atoms with Crippen LogP contribution in [0.4, 0.5) is 0 Å². The van der Waals surface area contributed by atoms with E-state index in [0.29, 0.717) is 35.0 Å². The van der Waals surface area contributed by atoms with Gasteiger partial charge in [-0.2, -0.15) is 20.4 Å². The number of fused-ring (bicyclic) bond motifs is 12. The van der Waals surface area contributed by atoms with Gasteiger partial charge in [-0.05, 0) is 88.6 Å². The Morgan fingerprint density at radius 1 is 0.305 bits per heavy atom. The predicted octanol–water partition coefficient (Wildman–Crippen LogP) is 18.8. The van der Waals surface area contributed by atoms with Gasteiger partial charge in [-0.1, -0.05) is 146 Å². The summed E-state index contributed by atoms with van der Waals surface area (Å²) in [6.45, 7) is 2.50. The van der Waals surface area contributed by atoms with Crippen molar-refractivity contribution in [1.29, 1.82) is 0 Å². The number of methoxy groups -OCH3 is 1. The number of hydrogen-bond acceptors (Lipinski definition) is 18. The maximum absolute atomic E-state index is 9.61. The standard InChI is InChI=1S/C24H18N6O.C23H16N6O.C23H16N6.C22H14N6/c1-31-13-15-6-4-8-20-21(15)28-24(27-20)22-18-9-16(11-26-23(18)30-29-22)19-12-25-10-14-5-2-3-7-17(14)19;30-12-14-5-3-7-19-20(14)27-23(26-19)21-17-8-15(10-25-22(17)29-28-21)18-11-24-9-13-4-1-2-6-16(13)18;1-13-5-4-8-19-20(13)27-23(26-19)21-17-9-15(11-25-22(17)29-28-21)18-12-24-10-14-6-2-3-7-16(14)18;1-2-6-15-13(5-1)10-23-12-17(15)14-9-16-20(27-28-21(16)24-11-14)22-25-18-7-3-4-8-19(18)26-22/h2-12H,13H2,1H3,(H,27,28)(H,26,29,30);1-11,30H,12H2,(H,26,27)(H,25,28,29);2-12H,1H3,(H,26,27)(H,25,28,29);1-12H,(H,25,26)(H,24,27,28). The number of nitrogens with zero attached hydrogens (tertiary/aromatic N) is 16. The molecule has 0 amide bonds. The highest BCUT2D eigenvalue weighted by atomic mass is 16.5. The molecule has 26 heteroatoms. The monoisotopic (exact) mass is 1540 g/mol. The van der Waals surface area contributed by atoms with Crippen LogP contribution in [0.25, 0.3) is 222 Å². The number of rotatable bonds is 11. The summed E-state index contributed by atoms with van der Waals surface area (Å²) < 4.78 is 5.32. The van der Waals surface area contributed by atoms with E-state index in [2.05, 4.69) is 180 Å². The average molecular weight is 1540 g/mol. The lowest BCUT2D eigenvalue weighted by Crippen LogP contribution is -1.88. The van der Waals surface area contributed by atoms with Crippen LogP contribution < -0.4 is 0 Å². The molecule has 16 aromatic heterocycles. The number of nitrogens with one attached hydrogen (secondary N) is 8. The number of aliphatic hydroxyl groups is 1. The average Bonchev–Trinajstić information content (AvgIpc) is 1.75. The van der Waals surface area contributed by atoms with Crippen molar-refractivity contribution in [3.8, 4) is 90.6 Å². The van der Waals surface area contributed by atoms with Crippen molar-refractivity contribution in [1.82, 2.24) is 121 Å². The number of para-hydroxylation sites is 5. The fraction of sp³-hybridized carbons (Fsp3) is 0.0435. The summed E-state index contributed by atoms with van der Waals surface area (Å²) in [7, 11) is 1.68.